The lowest BCUT2D eigenvalue weighted by atomic mass is 9.91. The summed E-state index contributed by atoms with van der Waals surface area (Å²) in [6, 6.07) is 0. The molecule has 1 N–H and O–H groups in total. The van der Waals surface area contributed by atoms with E-state index in [1.54, 1.807) is 0 Å². The monoisotopic (exact) mass is 257 g/mol. The van der Waals surface area contributed by atoms with Gasteiger partial charge in [0.25, 0.3) is 0 Å². The molecule has 0 bridgehead atoms. The van der Waals surface area contributed by atoms with Crippen molar-refractivity contribution in [3.05, 3.63) is 58.5 Å². The van der Waals surface area contributed by atoms with Crippen molar-refractivity contribution in [1.82, 2.24) is 5.32 Å². The highest BCUT2D eigenvalue weighted by Crippen LogP contribution is 2.27. The molecule has 0 amide bonds. The number of allylic oxidation sites excluding steroid dienone is 9. The Morgan fingerprint density at radius 3 is 2.42 bits per heavy atom. The molecule has 0 aliphatic heterocycles. The van der Waals surface area contributed by atoms with Gasteiger partial charge in [-0.2, -0.15) is 0 Å². The number of hydrogen-bond donors (Lipinski definition) is 1. The summed E-state index contributed by atoms with van der Waals surface area (Å²) < 4.78 is 0. The minimum absolute atomic E-state index is 0.979. The molecule has 1 nitrogen and oxygen atoms in total. The first-order chi connectivity index (χ1) is 8.99. The van der Waals surface area contributed by atoms with Gasteiger partial charge >= 0.3 is 0 Å². The van der Waals surface area contributed by atoms with Gasteiger partial charge in [0.1, 0.15) is 0 Å². The lowest BCUT2D eigenvalue weighted by Gasteiger charge is -2.19. The predicted molar refractivity (Wildman–Crippen MR) is 85.8 cm³/mol. The van der Waals surface area contributed by atoms with Gasteiger partial charge < -0.3 is 5.32 Å². The molecule has 0 saturated carbocycles. The van der Waals surface area contributed by atoms with Crippen LogP contribution in [0.3, 0.4) is 0 Å². The van der Waals surface area contributed by atoms with E-state index in [1.165, 1.54) is 28.0 Å². The summed E-state index contributed by atoms with van der Waals surface area (Å²) in [6.07, 6.45) is 9.78. The van der Waals surface area contributed by atoms with Crippen molar-refractivity contribution in [2.75, 3.05) is 0 Å². The van der Waals surface area contributed by atoms with Crippen LogP contribution >= 0.6 is 0 Å². The SMILES string of the molecule is C=C(CC)NC1=CC=C(/C(C)=C(C)\C(C)=C/C)CC1. The molecule has 19 heavy (non-hydrogen) atoms. The van der Waals surface area contributed by atoms with Gasteiger partial charge in [-0.3, -0.25) is 0 Å². The van der Waals surface area contributed by atoms with Crippen molar-refractivity contribution in [2.24, 2.45) is 0 Å². The van der Waals surface area contributed by atoms with Crippen LogP contribution in [-0.4, -0.2) is 0 Å². The molecule has 0 unspecified atom stereocenters. The second kappa shape index (κ2) is 7.18. The second-order valence-corrected chi connectivity index (χ2v) is 5.19. The molecule has 0 spiro atoms. The molecule has 1 aliphatic carbocycles. The van der Waals surface area contributed by atoms with Crippen molar-refractivity contribution >= 4 is 0 Å². The summed E-state index contributed by atoms with van der Waals surface area (Å²) in [5.41, 5.74) is 8.01. The van der Waals surface area contributed by atoms with Crippen LogP contribution in [0, 0.1) is 0 Å². The van der Waals surface area contributed by atoms with E-state index in [0.29, 0.717) is 0 Å². The van der Waals surface area contributed by atoms with Gasteiger partial charge in [0.05, 0.1) is 0 Å². The zero-order valence-corrected chi connectivity index (χ0v) is 13.1. The summed E-state index contributed by atoms with van der Waals surface area (Å²) in [5, 5.41) is 3.39. The second-order valence-electron chi connectivity index (χ2n) is 5.19. The van der Waals surface area contributed by atoms with Crippen molar-refractivity contribution in [1.29, 1.82) is 0 Å². The lowest BCUT2D eigenvalue weighted by Crippen LogP contribution is -2.13. The maximum absolute atomic E-state index is 3.99. The molecule has 0 radical (unpaired) electrons. The van der Waals surface area contributed by atoms with Gasteiger partial charge in [0, 0.05) is 11.4 Å². The van der Waals surface area contributed by atoms with Crippen LogP contribution in [0.4, 0.5) is 0 Å². The van der Waals surface area contributed by atoms with E-state index in [1.807, 2.05) is 0 Å². The average molecular weight is 257 g/mol. The minimum atomic E-state index is 0.979. The Morgan fingerprint density at radius 1 is 1.26 bits per heavy atom. The van der Waals surface area contributed by atoms with Crippen LogP contribution in [0.15, 0.2) is 58.5 Å². The van der Waals surface area contributed by atoms with Gasteiger partial charge in [0.2, 0.25) is 0 Å². The molecule has 1 aliphatic rings. The Hall–Kier alpha value is -1.50. The van der Waals surface area contributed by atoms with E-state index in [0.717, 1.165) is 25.0 Å². The first kappa shape index (κ1) is 15.6. The normalized spacial score (nSPS) is 17.4. The highest BCUT2D eigenvalue weighted by Gasteiger charge is 2.10. The Labute approximate surface area is 118 Å². The molecule has 1 rings (SSSR count). The van der Waals surface area contributed by atoms with Crippen molar-refractivity contribution in [3.63, 3.8) is 0 Å². The first-order valence-electron chi connectivity index (χ1n) is 7.15. The zero-order valence-electron chi connectivity index (χ0n) is 13.1. The summed E-state index contributed by atoms with van der Waals surface area (Å²) in [4.78, 5) is 0. The number of rotatable bonds is 5. The molecular formula is C18H27N. The van der Waals surface area contributed by atoms with Crippen LogP contribution in [0.25, 0.3) is 0 Å². The van der Waals surface area contributed by atoms with Crippen LogP contribution in [0.1, 0.15) is 53.9 Å². The minimum Gasteiger partial charge on any atom is -0.363 e. The predicted octanol–water partition coefficient (Wildman–Crippen LogP) is 5.41. The van der Waals surface area contributed by atoms with E-state index in [4.69, 9.17) is 0 Å². The fourth-order valence-electron chi connectivity index (χ4n) is 2.12. The molecule has 0 atom stereocenters. The Kier molecular flexibility index (Phi) is 5.88. The zero-order chi connectivity index (χ0) is 14.4. The van der Waals surface area contributed by atoms with Crippen molar-refractivity contribution < 1.29 is 0 Å². The fourth-order valence-corrected chi connectivity index (χ4v) is 2.12. The van der Waals surface area contributed by atoms with Gasteiger partial charge in [-0.15, -0.1) is 0 Å². The number of nitrogens with one attached hydrogen (secondary N) is 1. The Morgan fingerprint density at radius 2 is 1.95 bits per heavy atom. The summed E-state index contributed by atoms with van der Waals surface area (Å²) in [6.45, 7) is 14.8. The maximum atomic E-state index is 3.99. The highest BCUT2D eigenvalue weighted by atomic mass is 14.9. The molecule has 1 heteroatoms. The fraction of sp³-hybridized carbons (Fsp3) is 0.444. The Bertz CT molecular complexity index is 470. The largest absolute Gasteiger partial charge is 0.363 e. The van der Waals surface area contributed by atoms with Gasteiger partial charge in [0.15, 0.2) is 0 Å². The summed E-state index contributed by atoms with van der Waals surface area (Å²) >= 11 is 0. The summed E-state index contributed by atoms with van der Waals surface area (Å²) in [5.74, 6) is 0. The third-order valence-electron chi connectivity index (χ3n) is 3.98. The molecule has 104 valence electrons. The van der Waals surface area contributed by atoms with Crippen molar-refractivity contribution in [3.8, 4) is 0 Å². The van der Waals surface area contributed by atoms with Crippen LogP contribution in [0.2, 0.25) is 0 Å². The molecule has 0 aromatic heterocycles. The Balaban J connectivity index is 2.87. The topological polar surface area (TPSA) is 12.0 Å². The molecule has 0 aromatic rings. The van der Waals surface area contributed by atoms with Gasteiger partial charge in [-0.25, -0.2) is 0 Å². The van der Waals surface area contributed by atoms with Crippen LogP contribution in [-0.2, 0) is 0 Å². The highest BCUT2D eigenvalue weighted by molar-refractivity contribution is 5.44. The molecule has 0 fully saturated rings. The third-order valence-corrected chi connectivity index (χ3v) is 3.98. The standard InChI is InChI=1S/C18H27N/c1-7-13(3)15(5)16(6)17-9-11-18(12-10-17)19-14(4)8-2/h7,9,11,19H,4,8,10,12H2,1-3,5-6H3/b13-7-,16-15-. The molecule has 0 heterocycles. The van der Waals surface area contributed by atoms with E-state index in [9.17, 15) is 0 Å². The third kappa shape index (κ3) is 4.27. The van der Waals surface area contributed by atoms with E-state index < -0.39 is 0 Å². The van der Waals surface area contributed by atoms with Crippen LogP contribution < -0.4 is 5.32 Å². The van der Waals surface area contributed by atoms with Crippen molar-refractivity contribution in [2.45, 2.75) is 53.9 Å². The van der Waals surface area contributed by atoms with E-state index in [2.05, 4.69) is 64.7 Å². The van der Waals surface area contributed by atoms with E-state index in [-0.39, 0.29) is 0 Å². The molecular weight excluding hydrogens is 230 g/mol. The number of hydrogen-bond acceptors (Lipinski definition) is 1. The van der Waals surface area contributed by atoms with E-state index >= 15 is 0 Å². The smallest absolute Gasteiger partial charge is 0.0151 e. The van der Waals surface area contributed by atoms with Crippen LogP contribution in [0.5, 0.6) is 0 Å². The van der Waals surface area contributed by atoms with Gasteiger partial charge in [-0.1, -0.05) is 31.2 Å². The van der Waals surface area contributed by atoms with Gasteiger partial charge in [-0.05, 0) is 69.8 Å². The lowest BCUT2D eigenvalue weighted by molar-refractivity contribution is 0.793. The average Bonchev–Trinajstić information content (AvgIpc) is 2.45. The molecule has 0 saturated heterocycles. The molecule has 0 aromatic carbocycles. The maximum Gasteiger partial charge on any atom is 0.0151 e. The quantitative estimate of drug-likeness (QED) is 0.650. The summed E-state index contributed by atoms with van der Waals surface area (Å²) in [7, 11) is 0. The first-order valence-corrected chi connectivity index (χ1v) is 7.15.